The first-order valence-corrected chi connectivity index (χ1v) is 7.36. The Morgan fingerprint density at radius 3 is 2.70 bits per heavy atom. The first-order chi connectivity index (χ1) is 11.0. The molecule has 4 nitrogen and oxygen atoms in total. The van der Waals surface area contributed by atoms with Crippen LogP contribution in [0.1, 0.15) is 27.8 Å². The Morgan fingerprint density at radius 1 is 1.22 bits per heavy atom. The summed E-state index contributed by atoms with van der Waals surface area (Å²) in [7, 11) is 1.24. The fourth-order valence-corrected chi connectivity index (χ4v) is 2.71. The van der Waals surface area contributed by atoms with Gasteiger partial charge in [0.05, 0.1) is 12.0 Å². The number of carbonyl (C=O) groups excluding carboxylic acids is 1. The molecule has 3 rings (SSSR count). The Bertz CT molecular complexity index is 852. The molecule has 1 aliphatic rings. The van der Waals surface area contributed by atoms with Gasteiger partial charge in [0.25, 0.3) is 0 Å². The lowest BCUT2D eigenvalue weighted by molar-refractivity contribution is 0.112. The van der Waals surface area contributed by atoms with Crippen LogP contribution in [-0.2, 0) is 9.47 Å². The molecule has 0 atom stereocenters. The Kier molecular flexibility index (Phi) is 3.88. The van der Waals surface area contributed by atoms with E-state index < -0.39 is 6.16 Å². The van der Waals surface area contributed by atoms with Gasteiger partial charge in [0.2, 0.25) is 0 Å². The summed E-state index contributed by atoms with van der Waals surface area (Å²) >= 11 is 5.49. The second kappa shape index (κ2) is 5.85. The lowest BCUT2D eigenvalue weighted by Crippen LogP contribution is -2.10. The van der Waals surface area contributed by atoms with E-state index in [1.165, 1.54) is 7.11 Å². The summed E-state index contributed by atoms with van der Waals surface area (Å²) in [5, 5.41) is 10.3. The predicted molar refractivity (Wildman–Crippen MR) is 91.4 cm³/mol. The molecule has 0 heterocycles. The van der Waals surface area contributed by atoms with Gasteiger partial charge in [-0.15, -0.1) is 0 Å². The SMILES string of the molecule is COC(=O)OC1=Cc2cc(C(=S)c3cccc(C)c3)c(O)cc21. The van der Waals surface area contributed by atoms with Gasteiger partial charge in [-0.3, -0.25) is 0 Å². The largest absolute Gasteiger partial charge is 0.513 e. The summed E-state index contributed by atoms with van der Waals surface area (Å²) < 4.78 is 9.42. The van der Waals surface area contributed by atoms with Gasteiger partial charge in [-0.2, -0.15) is 0 Å². The molecule has 0 fully saturated rings. The highest BCUT2D eigenvalue weighted by molar-refractivity contribution is 7.81. The van der Waals surface area contributed by atoms with Crippen LogP contribution in [0, 0.1) is 6.92 Å². The zero-order valence-electron chi connectivity index (χ0n) is 12.6. The molecule has 116 valence electrons. The highest BCUT2D eigenvalue weighted by atomic mass is 32.1. The first-order valence-electron chi connectivity index (χ1n) is 6.96. The molecule has 0 saturated heterocycles. The number of thiocarbonyl (C=S) groups is 1. The van der Waals surface area contributed by atoms with Crippen LogP contribution in [-0.4, -0.2) is 23.2 Å². The van der Waals surface area contributed by atoms with Crippen molar-refractivity contribution >= 4 is 35.1 Å². The summed E-state index contributed by atoms with van der Waals surface area (Å²) in [4.78, 5) is 11.7. The Morgan fingerprint density at radius 2 is 2.00 bits per heavy atom. The maximum atomic E-state index is 11.1. The van der Waals surface area contributed by atoms with E-state index in [4.69, 9.17) is 17.0 Å². The summed E-state index contributed by atoms with van der Waals surface area (Å²) in [6, 6.07) is 11.1. The summed E-state index contributed by atoms with van der Waals surface area (Å²) in [5.74, 6) is 0.421. The number of benzene rings is 2. The van der Waals surface area contributed by atoms with Crippen LogP contribution in [0.3, 0.4) is 0 Å². The van der Waals surface area contributed by atoms with Crippen molar-refractivity contribution in [2.24, 2.45) is 0 Å². The fourth-order valence-electron chi connectivity index (χ4n) is 2.42. The smallest absolute Gasteiger partial charge is 0.507 e. The molecule has 0 aromatic heterocycles. The van der Waals surface area contributed by atoms with E-state index in [0.717, 1.165) is 16.7 Å². The average molecular weight is 326 g/mol. The number of rotatable bonds is 3. The number of fused-ring (bicyclic) bond motifs is 1. The topological polar surface area (TPSA) is 55.8 Å². The van der Waals surface area contributed by atoms with E-state index in [-0.39, 0.29) is 5.75 Å². The van der Waals surface area contributed by atoms with Gasteiger partial charge in [-0.05, 0) is 36.3 Å². The van der Waals surface area contributed by atoms with E-state index in [2.05, 4.69) is 4.74 Å². The Hall–Kier alpha value is -2.66. The maximum Gasteiger partial charge on any atom is 0.513 e. The van der Waals surface area contributed by atoms with Gasteiger partial charge >= 0.3 is 6.16 Å². The van der Waals surface area contributed by atoms with Gasteiger partial charge in [-0.25, -0.2) is 4.79 Å². The van der Waals surface area contributed by atoms with Crippen molar-refractivity contribution in [2.75, 3.05) is 7.11 Å². The number of aromatic hydroxyl groups is 1. The normalized spacial score (nSPS) is 11.8. The number of methoxy groups -OCH3 is 1. The predicted octanol–water partition coefficient (Wildman–Crippen LogP) is 4.06. The number of aryl methyl sites for hydroxylation is 1. The molecule has 0 aliphatic heterocycles. The van der Waals surface area contributed by atoms with Gasteiger partial charge < -0.3 is 14.6 Å². The highest BCUT2D eigenvalue weighted by Gasteiger charge is 2.24. The molecule has 0 radical (unpaired) electrons. The lowest BCUT2D eigenvalue weighted by Gasteiger charge is -2.20. The van der Waals surface area contributed by atoms with Crippen LogP contribution in [0.25, 0.3) is 11.8 Å². The third-order valence-corrected chi connectivity index (χ3v) is 4.06. The van der Waals surface area contributed by atoms with Crippen molar-refractivity contribution in [3.05, 3.63) is 64.2 Å². The highest BCUT2D eigenvalue weighted by Crippen LogP contribution is 2.38. The number of carbonyl (C=O) groups is 1. The summed E-state index contributed by atoms with van der Waals surface area (Å²) in [6.45, 7) is 1.99. The van der Waals surface area contributed by atoms with Crippen molar-refractivity contribution in [3.8, 4) is 5.75 Å². The molecular formula is C18H14O4S. The van der Waals surface area contributed by atoms with Gasteiger partial charge in [0.15, 0.2) is 0 Å². The average Bonchev–Trinajstić information content (AvgIpc) is 2.53. The van der Waals surface area contributed by atoms with E-state index in [9.17, 15) is 9.90 Å². The van der Waals surface area contributed by atoms with Gasteiger partial charge in [-0.1, -0.05) is 42.0 Å². The molecule has 1 N–H and O–H groups in total. The Balaban J connectivity index is 1.90. The van der Waals surface area contributed by atoms with Crippen LogP contribution < -0.4 is 0 Å². The first kappa shape index (κ1) is 15.2. The molecule has 0 spiro atoms. The summed E-state index contributed by atoms with van der Waals surface area (Å²) in [6.07, 6.45) is 0.911. The molecule has 23 heavy (non-hydrogen) atoms. The quantitative estimate of drug-likeness (QED) is 0.524. The standard InChI is InChI=1S/C18H14O4S/c1-10-4-3-5-11(6-10)17(23)14-7-12-8-16(22-18(20)21-2)13(12)9-15(14)19/h3-9,19H,1-2H3. The number of hydrogen-bond donors (Lipinski definition) is 1. The van der Waals surface area contributed by atoms with Crippen LogP contribution in [0.5, 0.6) is 5.75 Å². The molecule has 2 aromatic carbocycles. The van der Waals surface area contributed by atoms with Gasteiger partial charge in [0, 0.05) is 11.1 Å². The molecular weight excluding hydrogens is 312 g/mol. The van der Waals surface area contributed by atoms with Crippen molar-refractivity contribution < 1.29 is 19.4 Å². The van der Waals surface area contributed by atoms with Crippen LogP contribution >= 0.6 is 12.2 Å². The van der Waals surface area contributed by atoms with Crippen molar-refractivity contribution in [1.82, 2.24) is 0 Å². The molecule has 0 amide bonds. The van der Waals surface area contributed by atoms with E-state index in [1.807, 2.05) is 31.2 Å². The lowest BCUT2D eigenvalue weighted by atomic mass is 9.90. The van der Waals surface area contributed by atoms with Crippen LogP contribution in [0.15, 0.2) is 36.4 Å². The minimum atomic E-state index is -0.791. The van der Waals surface area contributed by atoms with E-state index >= 15 is 0 Å². The fraction of sp³-hybridized carbons (Fsp3) is 0.111. The van der Waals surface area contributed by atoms with Crippen molar-refractivity contribution in [3.63, 3.8) is 0 Å². The maximum absolute atomic E-state index is 11.1. The van der Waals surface area contributed by atoms with Crippen LogP contribution in [0.4, 0.5) is 4.79 Å². The third kappa shape index (κ3) is 2.83. The van der Waals surface area contributed by atoms with Crippen molar-refractivity contribution in [2.45, 2.75) is 6.92 Å². The molecule has 0 bridgehead atoms. The monoisotopic (exact) mass is 326 g/mol. The molecule has 2 aromatic rings. The van der Waals surface area contributed by atoms with E-state index in [1.54, 1.807) is 18.2 Å². The summed E-state index contributed by atoms with van der Waals surface area (Å²) in [5.41, 5.74) is 4.07. The third-order valence-electron chi connectivity index (χ3n) is 3.60. The van der Waals surface area contributed by atoms with Gasteiger partial charge in [0.1, 0.15) is 11.5 Å². The second-order valence-corrected chi connectivity index (χ2v) is 5.63. The minimum absolute atomic E-state index is 0.0503. The number of hydrogen-bond acceptors (Lipinski definition) is 5. The zero-order chi connectivity index (χ0) is 16.6. The molecule has 1 aliphatic carbocycles. The molecule has 0 unspecified atom stereocenters. The van der Waals surface area contributed by atoms with Crippen molar-refractivity contribution in [1.29, 1.82) is 0 Å². The molecule has 0 saturated carbocycles. The Labute approximate surface area is 139 Å². The van der Waals surface area contributed by atoms with E-state index in [0.29, 0.717) is 21.8 Å². The zero-order valence-corrected chi connectivity index (χ0v) is 13.4. The number of phenolic OH excluding ortho intramolecular Hbond substituents is 1. The number of phenols is 1. The number of ether oxygens (including phenoxy) is 2. The van der Waals surface area contributed by atoms with Crippen LogP contribution in [0.2, 0.25) is 0 Å². The minimum Gasteiger partial charge on any atom is -0.507 e. The second-order valence-electron chi connectivity index (χ2n) is 5.22. The molecule has 5 heteroatoms.